The smallest absolute Gasteiger partial charge is 0.251 e. The van der Waals surface area contributed by atoms with Crippen LogP contribution >= 0.6 is 0 Å². The standard InChI is InChI=1S/C18H27N3O2/c1-3-21(4-2)17(22)14-20-12-10-16(11-13-20)19-18(23)15-8-6-5-7-9-15/h5-9,16H,3-4,10-14H2,1-2H3,(H,19,23). The van der Waals surface area contributed by atoms with Gasteiger partial charge in [-0.1, -0.05) is 18.2 Å². The first kappa shape index (κ1) is 17.5. The van der Waals surface area contributed by atoms with Crippen molar-refractivity contribution in [2.45, 2.75) is 32.7 Å². The molecule has 0 spiro atoms. The van der Waals surface area contributed by atoms with Gasteiger partial charge in [0.05, 0.1) is 6.54 Å². The Bertz CT molecular complexity index is 506. The van der Waals surface area contributed by atoms with Crippen LogP contribution in [0, 0.1) is 0 Å². The van der Waals surface area contributed by atoms with Crippen LogP contribution < -0.4 is 5.32 Å². The minimum atomic E-state index is -0.0109. The Balaban J connectivity index is 1.76. The van der Waals surface area contributed by atoms with Crippen LogP contribution in [0.15, 0.2) is 30.3 Å². The van der Waals surface area contributed by atoms with E-state index < -0.39 is 0 Å². The minimum absolute atomic E-state index is 0.0109. The van der Waals surface area contributed by atoms with Gasteiger partial charge in [-0.3, -0.25) is 14.5 Å². The molecule has 23 heavy (non-hydrogen) atoms. The van der Waals surface area contributed by atoms with E-state index in [4.69, 9.17) is 0 Å². The second-order valence-corrected chi connectivity index (χ2v) is 5.96. The van der Waals surface area contributed by atoms with Crippen LogP contribution in [0.25, 0.3) is 0 Å². The third kappa shape index (κ3) is 5.06. The molecule has 0 saturated carbocycles. The SMILES string of the molecule is CCN(CC)C(=O)CN1CCC(NC(=O)c2ccccc2)CC1. The number of nitrogens with zero attached hydrogens (tertiary/aromatic N) is 2. The number of hydrogen-bond donors (Lipinski definition) is 1. The van der Waals surface area contributed by atoms with E-state index in [1.807, 2.05) is 49.1 Å². The predicted molar refractivity (Wildman–Crippen MR) is 91.3 cm³/mol. The number of benzene rings is 1. The number of nitrogens with one attached hydrogen (secondary N) is 1. The van der Waals surface area contributed by atoms with Crippen molar-refractivity contribution in [3.8, 4) is 0 Å². The summed E-state index contributed by atoms with van der Waals surface area (Å²) < 4.78 is 0. The van der Waals surface area contributed by atoms with Crippen molar-refractivity contribution < 1.29 is 9.59 Å². The van der Waals surface area contributed by atoms with Crippen LogP contribution in [0.1, 0.15) is 37.0 Å². The van der Waals surface area contributed by atoms with Gasteiger partial charge in [-0.15, -0.1) is 0 Å². The molecule has 1 saturated heterocycles. The summed E-state index contributed by atoms with van der Waals surface area (Å²) in [6, 6.07) is 9.50. The summed E-state index contributed by atoms with van der Waals surface area (Å²) >= 11 is 0. The molecule has 5 nitrogen and oxygen atoms in total. The largest absolute Gasteiger partial charge is 0.349 e. The molecule has 1 heterocycles. The van der Waals surface area contributed by atoms with Gasteiger partial charge in [0.1, 0.15) is 0 Å². The second-order valence-electron chi connectivity index (χ2n) is 5.96. The molecule has 0 unspecified atom stereocenters. The Hall–Kier alpha value is -1.88. The first-order valence-electron chi connectivity index (χ1n) is 8.50. The number of likely N-dealkylation sites (N-methyl/N-ethyl adjacent to an activating group) is 1. The molecule has 5 heteroatoms. The number of rotatable bonds is 6. The maximum Gasteiger partial charge on any atom is 0.251 e. The maximum atomic E-state index is 12.2. The quantitative estimate of drug-likeness (QED) is 0.870. The Kier molecular flexibility index (Phi) is 6.59. The fraction of sp³-hybridized carbons (Fsp3) is 0.556. The number of amides is 2. The van der Waals surface area contributed by atoms with Gasteiger partial charge in [-0.2, -0.15) is 0 Å². The fourth-order valence-corrected chi connectivity index (χ4v) is 2.96. The van der Waals surface area contributed by atoms with E-state index in [0.717, 1.165) is 39.0 Å². The van der Waals surface area contributed by atoms with Crippen LogP contribution in [-0.4, -0.2) is 60.4 Å². The highest BCUT2D eigenvalue weighted by atomic mass is 16.2. The van der Waals surface area contributed by atoms with Gasteiger partial charge in [0.25, 0.3) is 5.91 Å². The lowest BCUT2D eigenvalue weighted by molar-refractivity contribution is -0.132. The van der Waals surface area contributed by atoms with Gasteiger partial charge in [0, 0.05) is 37.8 Å². The van der Waals surface area contributed by atoms with E-state index in [-0.39, 0.29) is 17.9 Å². The van der Waals surface area contributed by atoms with Crippen LogP contribution in [0.2, 0.25) is 0 Å². The first-order chi connectivity index (χ1) is 11.1. The van der Waals surface area contributed by atoms with Crippen LogP contribution in [0.5, 0.6) is 0 Å². The molecule has 0 radical (unpaired) electrons. The molecule has 0 atom stereocenters. The van der Waals surface area contributed by atoms with Crippen LogP contribution in [0.3, 0.4) is 0 Å². The predicted octanol–water partition coefficient (Wildman–Crippen LogP) is 1.75. The van der Waals surface area contributed by atoms with Crippen molar-refractivity contribution in [3.05, 3.63) is 35.9 Å². The number of carbonyl (C=O) groups is 2. The van der Waals surface area contributed by atoms with Crippen LogP contribution in [-0.2, 0) is 4.79 Å². The summed E-state index contributed by atoms with van der Waals surface area (Å²) in [5.41, 5.74) is 0.701. The van der Waals surface area contributed by atoms with Crippen molar-refractivity contribution in [2.24, 2.45) is 0 Å². The molecule has 1 aliphatic heterocycles. The lowest BCUT2D eigenvalue weighted by Gasteiger charge is -2.33. The van der Waals surface area contributed by atoms with Gasteiger partial charge in [0.2, 0.25) is 5.91 Å². The molecule has 0 aliphatic carbocycles. The van der Waals surface area contributed by atoms with Crippen molar-refractivity contribution in [2.75, 3.05) is 32.7 Å². The third-order valence-electron chi connectivity index (χ3n) is 4.43. The zero-order valence-corrected chi connectivity index (χ0v) is 14.1. The van der Waals surface area contributed by atoms with E-state index in [9.17, 15) is 9.59 Å². The van der Waals surface area contributed by atoms with Crippen molar-refractivity contribution in [1.29, 1.82) is 0 Å². The average molecular weight is 317 g/mol. The normalized spacial score (nSPS) is 16.1. The second kappa shape index (κ2) is 8.67. The number of likely N-dealkylation sites (tertiary alicyclic amines) is 1. The Morgan fingerprint density at radius 2 is 1.74 bits per heavy atom. The molecule has 1 N–H and O–H groups in total. The number of hydrogen-bond acceptors (Lipinski definition) is 3. The van der Waals surface area contributed by atoms with Gasteiger partial charge in [-0.25, -0.2) is 0 Å². The molecule has 1 fully saturated rings. The van der Waals surface area contributed by atoms with Gasteiger partial charge >= 0.3 is 0 Å². The highest BCUT2D eigenvalue weighted by Gasteiger charge is 2.23. The molecule has 1 aromatic rings. The maximum absolute atomic E-state index is 12.2. The van der Waals surface area contributed by atoms with Crippen molar-refractivity contribution in [3.63, 3.8) is 0 Å². The van der Waals surface area contributed by atoms with E-state index >= 15 is 0 Å². The lowest BCUT2D eigenvalue weighted by Crippen LogP contribution is -2.48. The molecule has 0 bridgehead atoms. The van der Waals surface area contributed by atoms with Crippen LogP contribution in [0.4, 0.5) is 0 Å². The molecule has 126 valence electrons. The first-order valence-corrected chi connectivity index (χ1v) is 8.50. The van der Waals surface area contributed by atoms with E-state index in [2.05, 4.69) is 10.2 Å². The zero-order chi connectivity index (χ0) is 16.7. The molecule has 2 amide bonds. The number of carbonyl (C=O) groups excluding carboxylic acids is 2. The number of piperidine rings is 1. The van der Waals surface area contributed by atoms with E-state index in [1.54, 1.807) is 0 Å². The summed E-state index contributed by atoms with van der Waals surface area (Å²) in [4.78, 5) is 28.3. The summed E-state index contributed by atoms with van der Waals surface area (Å²) in [6.45, 7) is 7.73. The minimum Gasteiger partial charge on any atom is -0.349 e. The summed E-state index contributed by atoms with van der Waals surface area (Å²) in [7, 11) is 0. The Labute approximate surface area is 138 Å². The molecular weight excluding hydrogens is 290 g/mol. The van der Waals surface area contributed by atoms with Gasteiger partial charge in [-0.05, 0) is 38.8 Å². The lowest BCUT2D eigenvalue weighted by atomic mass is 10.0. The van der Waals surface area contributed by atoms with Gasteiger partial charge < -0.3 is 10.2 Å². The summed E-state index contributed by atoms with van der Waals surface area (Å²) in [5, 5.41) is 3.09. The third-order valence-corrected chi connectivity index (χ3v) is 4.43. The monoisotopic (exact) mass is 317 g/mol. The highest BCUT2D eigenvalue weighted by molar-refractivity contribution is 5.94. The molecule has 1 aromatic carbocycles. The van der Waals surface area contributed by atoms with Crippen molar-refractivity contribution in [1.82, 2.24) is 15.1 Å². The van der Waals surface area contributed by atoms with E-state index in [1.165, 1.54) is 0 Å². The van der Waals surface area contributed by atoms with Gasteiger partial charge in [0.15, 0.2) is 0 Å². The molecule has 2 rings (SSSR count). The summed E-state index contributed by atoms with van der Waals surface area (Å²) in [6.07, 6.45) is 1.79. The Morgan fingerprint density at radius 1 is 1.13 bits per heavy atom. The fourth-order valence-electron chi connectivity index (χ4n) is 2.96. The summed E-state index contributed by atoms with van der Waals surface area (Å²) in [5.74, 6) is 0.185. The molecular formula is C18H27N3O2. The zero-order valence-electron chi connectivity index (χ0n) is 14.1. The average Bonchev–Trinajstić information content (AvgIpc) is 2.58. The Morgan fingerprint density at radius 3 is 2.30 bits per heavy atom. The molecule has 1 aliphatic rings. The topological polar surface area (TPSA) is 52.7 Å². The van der Waals surface area contributed by atoms with E-state index in [0.29, 0.717) is 12.1 Å². The molecule has 0 aromatic heterocycles. The van der Waals surface area contributed by atoms with Crippen molar-refractivity contribution >= 4 is 11.8 Å². The highest BCUT2D eigenvalue weighted by Crippen LogP contribution is 2.11.